The lowest BCUT2D eigenvalue weighted by Gasteiger charge is -2.13. The van der Waals surface area contributed by atoms with Crippen LogP contribution < -0.4 is 5.32 Å². The zero-order valence-corrected chi connectivity index (χ0v) is 14.7. The topological polar surface area (TPSA) is 72.5 Å². The van der Waals surface area contributed by atoms with Crippen LogP contribution in [0, 0.1) is 0 Å². The molecule has 7 heteroatoms. The van der Waals surface area contributed by atoms with E-state index in [0.717, 1.165) is 0 Å². The minimum Gasteiger partial charge on any atom is -0.449 e. The number of hydrogen-bond acceptors (Lipinski definition) is 4. The molecule has 2 unspecified atom stereocenters. The van der Waals surface area contributed by atoms with Crippen molar-refractivity contribution in [3.05, 3.63) is 59.1 Å². The number of rotatable bonds is 5. The summed E-state index contributed by atoms with van der Waals surface area (Å²) in [4.78, 5) is 24.7. The minimum atomic E-state index is -1.12. The highest BCUT2D eigenvalue weighted by Crippen LogP contribution is 2.16. The number of nitrogens with one attached hydrogen (secondary N) is 1. The lowest BCUT2D eigenvalue weighted by atomic mass is 10.2. The average Bonchev–Trinajstić information content (AvgIpc) is 2.54. The molecule has 0 fully saturated rings. The number of anilines is 1. The molecule has 0 aliphatic heterocycles. The van der Waals surface area contributed by atoms with E-state index in [9.17, 15) is 13.8 Å². The van der Waals surface area contributed by atoms with Crippen molar-refractivity contribution in [3.63, 3.8) is 0 Å². The Morgan fingerprint density at radius 2 is 1.83 bits per heavy atom. The second-order valence-electron chi connectivity index (χ2n) is 5.03. The predicted octanol–water partition coefficient (Wildman–Crippen LogP) is 3.26. The molecule has 0 saturated carbocycles. The number of carbonyl (C=O) groups is 2. The standard InChI is InChI=1S/C17H16ClNO4S/c1-11(16(20)19-14-5-3-4-13(18)10-14)23-17(21)12-6-8-15(9-7-12)24(2)22/h3-11H,1-2H3,(H,19,20). The van der Waals surface area contributed by atoms with Crippen molar-refractivity contribution >= 4 is 40.0 Å². The lowest BCUT2D eigenvalue weighted by Crippen LogP contribution is -2.30. The van der Waals surface area contributed by atoms with Gasteiger partial charge in [0.15, 0.2) is 6.10 Å². The van der Waals surface area contributed by atoms with Gasteiger partial charge in [0.25, 0.3) is 5.91 Å². The first-order valence-corrected chi connectivity index (χ1v) is 9.01. The smallest absolute Gasteiger partial charge is 0.338 e. The highest BCUT2D eigenvalue weighted by atomic mass is 35.5. The van der Waals surface area contributed by atoms with Gasteiger partial charge >= 0.3 is 5.97 Å². The molecule has 2 aromatic carbocycles. The first-order valence-electron chi connectivity index (χ1n) is 7.07. The van der Waals surface area contributed by atoms with Gasteiger partial charge in [0, 0.05) is 32.7 Å². The average molecular weight is 366 g/mol. The van der Waals surface area contributed by atoms with Gasteiger partial charge in [0.1, 0.15) is 0 Å². The number of carbonyl (C=O) groups excluding carboxylic acids is 2. The van der Waals surface area contributed by atoms with E-state index in [4.69, 9.17) is 16.3 Å². The summed E-state index contributed by atoms with van der Waals surface area (Å²) in [5.41, 5.74) is 0.803. The first-order chi connectivity index (χ1) is 11.4. The van der Waals surface area contributed by atoms with Gasteiger partial charge in [-0.2, -0.15) is 0 Å². The molecule has 24 heavy (non-hydrogen) atoms. The van der Waals surface area contributed by atoms with Gasteiger partial charge in [0.2, 0.25) is 0 Å². The Labute approximate surface area is 147 Å². The molecular weight excluding hydrogens is 350 g/mol. The van der Waals surface area contributed by atoms with Crippen LogP contribution >= 0.6 is 11.6 Å². The quantitative estimate of drug-likeness (QED) is 0.825. The normalized spacial score (nSPS) is 13.0. The van der Waals surface area contributed by atoms with Gasteiger partial charge in [-0.1, -0.05) is 17.7 Å². The number of amides is 1. The molecular formula is C17H16ClNO4S. The minimum absolute atomic E-state index is 0.284. The molecule has 0 bridgehead atoms. The molecule has 0 radical (unpaired) electrons. The van der Waals surface area contributed by atoms with Crippen LogP contribution in [0.15, 0.2) is 53.4 Å². The molecule has 0 saturated heterocycles. The Bertz CT molecular complexity index is 776. The fourth-order valence-electron chi connectivity index (χ4n) is 1.87. The second kappa shape index (κ2) is 8.08. The third-order valence-corrected chi connectivity index (χ3v) is 4.34. The van der Waals surface area contributed by atoms with Crippen molar-refractivity contribution in [1.82, 2.24) is 0 Å². The third kappa shape index (κ3) is 4.91. The molecule has 0 aromatic heterocycles. The molecule has 0 spiro atoms. The summed E-state index contributed by atoms with van der Waals surface area (Å²) < 4.78 is 16.5. The van der Waals surface area contributed by atoms with E-state index < -0.39 is 28.8 Å². The predicted molar refractivity (Wildman–Crippen MR) is 93.7 cm³/mol. The summed E-state index contributed by atoms with van der Waals surface area (Å²) in [6, 6.07) is 12.9. The van der Waals surface area contributed by atoms with E-state index in [1.54, 1.807) is 42.7 Å². The van der Waals surface area contributed by atoms with Crippen molar-refractivity contribution in [2.75, 3.05) is 11.6 Å². The molecule has 1 N–H and O–H groups in total. The van der Waals surface area contributed by atoms with Crippen LogP contribution in [0.3, 0.4) is 0 Å². The fourth-order valence-corrected chi connectivity index (χ4v) is 2.58. The van der Waals surface area contributed by atoms with E-state index in [1.165, 1.54) is 19.1 Å². The van der Waals surface area contributed by atoms with Crippen LogP contribution in [-0.2, 0) is 20.3 Å². The highest BCUT2D eigenvalue weighted by Gasteiger charge is 2.19. The van der Waals surface area contributed by atoms with Crippen molar-refractivity contribution in [2.45, 2.75) is 17.9 Å². The molecule has 0 aliphatic carbocycles. The second-order valence-corrected chi connectivity index (χ2v) is 6.84. The van der Waals surface area contributed by atoms with Crippen LogP contribution in [-0.4, -0.2) is 28.4 Å². The number of ether oxygens (including phenoxy) is 1. The van der Waals surface area contributed by atoms with Gasteiger partial charge in [-0.15, -0.1) is 0 Å². The fraction of sp³-hybridized carbons (Fsp3) is 0.176. The Kier molecular flexibility index (Phi) is 6.11. The van der Waals surface area contributed by atoms with Crippen LogP contribution in [0.4, 0.5) is 5.69 Å². The molecule has 1 amide bonds. The Morgan fingerprint density at radius 3 is 2.42 bits per heavy atom. The molecule has 126 valence electrons. The van der Waals surface area contributed by atoms with Gasteiger partial charge in [-0.05, 0) is 49.4 Å². The zero-order chi connectivity index (χ0) is 17.7. The molecule has 2 atom stereocenters. The molecule has 0 heterocycles. The molecule has 2 aromatic rings. The van der Waals surface area contributed by atoms with Gasteiger partial charge in [-0.25, -0.2) is 4.79 Å². The van der Waals surface area contributed by atoms with Crippen LogP contribution in [0.25, 0.3) is 0 Å². The summed E-state index contributed by atoms with van der Waals surface area (Å²) in [5, 5.41) is 3.11. The number of benzene rings is 2. The van der Waals surface area contributed by atoms with E-state index >= 15 is 0 Å². The Hall–Kier alpha value is -2.18. The largest absolute Gasteiger partial charge is 0.449 e. The summed E-state index contributed by atoms with van der Waals surface area (Å²) in [6.45, 7) is 1.48. The van der Waals surface area contributed by atoms with E-state index in [2.05, 4.69) is 5.32 Å². The van der Waals surface area contributed by atoms with Gasteiger partial charge in [0.05, 0.1) is 5.56 Å². The molecule has 0 aliphatic rings. The van der Waals surface area contributed by atoms with E-state index in [1.807, 2.05) is 0 Å². The van der Waals surface area contributed by atoms with Crippen LogP contribution in [0.1, 0.15) is 17.3 Å². The lowest BCUT2D eigenvalue weighted by molar-refractivity contribution is -0.123. The zero-order valence-electron chi connectivity index (χ0n) is 13.1. The Balaban J connectivity index is 1.97. The summed E-state index contributed by atoms with van der Waals surface area (Å²) in [5.74, 6) is -1.09. The van der Waals surface area contributed by atoms with Crippen molar-refractivity contribution in [2.24, 2.45) is 0 Å². The third-order valence-electron chi connectivity index (χ3n) is 3.17. The monoisotopic (exact) mass is 365 g/mol. The van der Waals surface area contributed by atoms with Crippen molar-refractivity contribution in [3.8, 4) is 0 Å². The van der Waals surface area contributed by atoms with Gasteiger partial charge < -0.3 is 10.1 Å². The first kappa shape index (κ1) is 18.2. The number of esters is 1. The highest BCUT2D eigenvalue weighted by molar-refractivity contribution is 7.84. The maximum atomic E-state index is 12.1. The van der Waals surface area contributed by atoms with Crippen molar-refractivity contribution < 1.29 is 18.5 Å². The summed E-state index contributed by atoms with van der Waals surface area (Å²) >= 11 is 5.85. The van der Waals surface area contributed by atoms with Crippen molar-refractivity contribution in [1.29, 1.82) is 0 Å². The molecule has 2 rings (SSSR count). The van der Waals surface area contributed by atoms with E-state index in [-0.39, 0.29) is 5.56 Å². The number of halogens is 1. The molecule has 5 nitrogen and oxygen atoms in total. The van der Waals surface area contributed by atoms with Crippen LogP contribution in [0.5, 0.6) is 0 Å². The maximum Gasteiger partial charge on any atom is 0.338 e. The maximum absolute atomic E-state index is 12.1. The van der Waals surface area contributed by atoms with Crippen LogP contribution in [0.2, 0.25) is 5.02 Å². The number of hydrogen-bond donors (Lipinski definition) is 1. The summed E-state index contributed by atoms with van der Waals surface area (Å²) in [7, 11) is -1.12. The summed E-state index contributed by atoms with van der Waals surface area (Å²) in [6.07, 6.45) is 0.576. The van der Waals surface area contributed by atoms with E-state index in [0.29, 0.717) is 15.6 Å². The Morgan fingerprint density at radius 1 is 1.17 bits per heavy atom. The SMILES string of the molecule is CC(OC(=O)c1ccc(S(C)=O)cc1)C(=O)Nc1cccc(Cl)c1. The van der Waals surface area contributed by atoms with Gasteiger partial charge in [-0.3, -0.25) is 9.00 Å².